The lowest BCUT2D eigenvalue weighted by atomic mass is 9.97. The van der Waals surface area contributed by atoms with Gasteiger partial charge in [-0.25, -0.2) is 0 Å². The zero-order valence-electron chi connectivity index (χ0n) is 15.8. The van der Waals surface area contributed by atoms with Gasteiger partial charge in [0.1, 0.15) is 5.76 Å². The Morgan fingerprint density at radius 3 is 2.40 bits per heavy atom. The number of likely N-dealkylation sites (tertiary alicyclic amines) is 1. The van der Waals surface area contributed by atoms with Crippen LogP contribution in [0.3, 0.4) is 0 Å². The van der Waals surface area contributed by atoms with Crippen LogP contribution in [-0.4, -0.2) is 30.5 Å². The topological polar surface area (TPSA) is 55.6 Å². The Labute approximate surface area is 152 Å². The van der Waals surface area contributed by atoms with Gasteiger partial charge in [-0.2, -0.15) is 0 Å². The van der Waals surface area contributed by atoms with E-state index in [-0.39, 0.29) is 11.8 Å². The van der Waals surface area contributed by atoms with Gasteiger partial charge in [0.05, 0.1) is 6.61 Å². The number of rotatable bonds is 8. The van der Waals surface area contributed by atoms with Crippen molar-refractivity contribution in [2.24, 2.45) is 17.6 Å². The summed E-state index contributed by atoms with van der Waals surface area (Å²) in [7, 11) is 0. The van der Waals surface area contributed by atoms with E-state index in [9.17, 15) is 4.79 Å². The molecule has 1 aliphatic rings. The van der Waals surface area contributed by atoms with E-state index in [2.05, 4.69) is 13.2 Å². The number of hydrogen-bond acceptors (Lipinski definition) is 3. The number of carbonyl (C=O) groups excluding carboxylic acids is 1. The molecule has 1 heterocycles. The molecular weight excluding hydrogens is 312 g/mol. The Bertz CT molecular complexity index is 562. The highest BCUT2D eigenvalue weighted by Crippen LogP contribution is 2.20. The van der Waals surface area contributed by atoms with Crippen LogP contribution < -0.4 is 5.73 Å². The maximum absolute atomic E-state index is 12.0. The van der Waals surface area contributed by atoms with Gasteiger partial charge in [0.2, 0.25) is 5.91 Å². The maximum atomic E-state index is 12.0. The van der Waals surface area contributed by atoms with E-state index in [0.29, 0.717) is 18.2 Å². The Morgan fingerprint density at radius 2 is 1.88 bits per heavy atom. The molecule has 0 aromatic rings. The van der Waals surface area contributed by atoms with E-state index in [1.807, 2.05) is 37.8 Å². The molecule has 1 amide bonds. The minimum Gasteiger partial charge on any atom is -0.493 e. The first kappa shape index (κ1) is 20.8. The van der Waals surface area contributed by atoms with Gasteiger partial charge in [0, 0.05) is 24.7 Å². The fraction of sp³-hybridized carbons (Fsp3) is 0.476. The maximum Gasteiger partial charge on any atom is 0.225 e. The van der Waals surface area contributed by atoms with E-state index in [1.165, 1.54) is 0 Å². The van der Waals surface area contributed by atoms with Gasteiger partial charge in [-0.05, 0) is 49.5 Å². The van der Waals surface area contributed by atoms with Gasteiger partial charge in [-0.3, -0.25) is 4.79 Å². The highest BCUT2D eigenvalue weighted by atomic mass is 16.5. The molecule has 1 fully saturated rings. The summed E-state index contributed by atoms with van der Waals surface area (Å²) in [6, 6.07) is 0. The predicted molar refractivity (Wildman–Crippen MR) is 105 cm³/mol. The Balaban J connectivity index is 2.51. The Morgan fingerprint density at radius 1 is 1.24 bits per heavy atom. The summed E-state index contributed by atoms with van der Waals surface area (Å²) in [6.45, 7) is 15.6. The van der Waals surface area contributed by atoms with Crippen molar-refractivity contribution >= 4 is 5.91 Å². The van der Waals surface area contributed by atoms with E-state index in [4.69, 9.17) is 10.5 Å². The van der Waals surface area contributed by atoms with Crippen molar-refractivity contribution in [1.29, 1.82) is 0 Å². The molecule has 0 aromatic heterocycles. The van der Waals surface area contributed by atoms with Crippen molar-refractivity contribution in [3.05, 3.63) is 60.6 Å². The molecular formula is C21H32N2O2. The first-order valence-corrected chi connectivity index (χ1v) is 8.90. The minimum absolute atomic E-state index is 0.0701. The number of amides is 1. The van der Waals surface area contributed by atoms with Gasteiger partial charge in [-0.1, -0.05) is 39.2 Å². The number of nitrogens with zero attached hydrogens (tertiary/aromatic N) is 1. The second kappa shape index (κ2) is 10.6. The number of hydrogen-bond donors (Lipinski definition) is 1. The molecule has 0 aliphatic carbocycles. The SMILES string of the molecule is C=C/C=C(N)/C(C)=C/C=C(\C=C)OCC1CCN(C(=O)C(C)C)CC1. The van der Waals surface area contributed by atoms with Crippen LogP contribution in [0.15, 0.2) is 60.6 Å². The van der Waals surface area contributed by atoms with Crippen molar-refractivity contribution in [3.63, 3.8) is 0 Å². The van der Waals surface area contributed by atoms with Gasteiger partial charge in [-0.15, -0.1) is 0 Å². The molecule has 1 saturated heterocycles. The summed E-state index contributed by atoms with van der Waals surface area (Å²) in [5, 5.41) is 0. The normalized spacial score (nSPS) is 17.6. The standard InChI is InChI=1S/C21H32N2O2/c1-6-8-20(22)17(5)9-10-19(7-2)25-15-18-11-13-23(14-12-18)21(24)16(3)4/h6-10,16,18H,1-2,11-15,22H2,3-5H3/b17-9+,19-10+,20-8-. The quantitative estimate of drug-likeness (QED) is 0.536. The Kier molecular flexibility index (Phi) is 8.82. The second-order valence-corrected chi connectivity index (χ2v) is 6.71. The van der Waals surface area contributed by atoms with Crippen LogP contribution in [-0.2, 0) is 9.53 Å². The molecule has 0 saturated carbocycles. The summed E-state index contributed by atoms with van der Waals surface area (Å²) in [4.78, 5) is 14.0. The summed E-state index contributed by atoms with van der Waals surface area (Å²) < 4.78 is 5.88. The summed E-state index contributed by atoms with van der Waals surface area (Å²) in [5.74, 6) is 1.51. The third-order valence-electron chi connectivity index (χ3n) is 4.36. The first-order chi connectivity index (χ1) is 11.9. The van der Waals surface area contributed by atoms with Crippen LogP contribution in [0.2, 0.25) is 0 Å². The third-order valence-corrected chi connectivity index (χ3v) is 4.36. The first-order valence-electron chi connectivity index (χ1n) is 8.90. The number of piperidine rings is 1. The lowest BCUT2D eigenvalue weighted by Crippen LogP contribution is -2.41. The Hall–Kier alpha value is -2.23. The third kappa shape index (κ3) is 7.04. The molecule has 1 aliphatic heterocycles. The molecule has 4 heteroatoms. The van der Waals surface area contributed by atoms with Crippen LogP contribution >= 0.6 is 0 Å². The fourth-order valence-electron chi connectivity index (χ4n) is 2.64. The predicted octanol–water partition coefficient (Wildman–Crippen LogP) is 3.94. The van der Waals surface area contributed by atoms with Gasteiger partial charge in [0.25, 0.3) is 0 Å². The van der Waals surface area contributed by atoms with E-state index in [1.54, 1.807) is 18.2 Å². The summed E-state index contributed by atoms with van der Waals surface area (Å²) in [6.07, 6.45) is 10.9. The van der Waals surface area contributed by atoms with Crippen LogP contribution in [0.5, 0.6) is 0 Å². The lowest BCUT2D eigenvalue weighted by Gasteiger charge is -2.33. The molecule has 2 N–H and O–H groups in total. The van der Waals surface area contributed by atoms with Crippen LogP contribution in [0, 0.1) is 11.8 Å². The monoisotopic (exact) mass is 344 g/mol. The van der Waals surface area contributed by atoms with E-state index < -0.39 is 0 Å². The van der Waals surface area contributed by atoms with Crippen molar-refractivity contribution in [3.8, 4) is 0 Å². The van der Waals surface area contributed by atoms with Crippen LogP contribution in [0.4, 0.5) is 0 Å². The van der Waals surface area contributed by atoms with Crippen LogP contribution in [0.1, 0.15) is 33.6 Å². The molecule has 0 unspecified atom stereocenters. The van der Waals surface area contributed by atoms with Crippen molar-refractivity contribution < 1.29 is 9.53 Å². The van der Waals surface area contributed by atoms with Gasteiger partial charge < -0.3 is 15.4 Å². The number of allylic oxidation sites excluding steroid dienone is 6. The molecule has 138 valence electrons. The zero-order chi connectivity index (χ0) is 18.8. The van der Waals surface area contributed by atoms with E-state index in [0.717, 1.165) is 37.3 Å². The highest BCUT2D eigenvalue weighted by molar-refractivity contribution is 5.78. The van der Waals surface area contributed by atoms with Crippen molar-refractivity contribution in [2.75, 3.05) is 19.7 Å². The molecule has 25 heavy (non-hydrogen) atoms. The molecule has 0 aromatic carbocycles. The van der Waals surface area contributed by atoms with Gasteiger partial charge >= 0.3 is 0 Å². The largest absolute Gasteiger partial charge is 0.493 e. The summed E-state index contributed by atoms with van der Waals surface area (Å²) >= 11 is 0. The fourth-order valence-corrected chi connectivity index (χ4v) is 2.64. The molecule has 0 bridgehead atoms. The molecule has 4 nitrogen and oxygen atoms in total. The van der Waals surface area contributed by atoms with E-state index >= 15 is 0 Å². The average Bonchev–Trinajstić information content (AvgIpc) is 2.61. The summed E-state index contributed by atoms with van der Waals surface area (Å²) in [5.41, 5.74) is 7.52. The number of ether oxygens (including phenoxy) is 1. The van der Waals surface area contributed by atoms with Crippen molar-refractivity contribution in [2.45, 2.75) is 33.6 Å². The van der Waals surface area contributed by atoms with Crippen molar-refractivity contribution in [1.82, 2.24) is 4.90 Å². The highest BCUT2D eigenvalue weighted by Gasteiger charge is 2.24. The lowest BCUT2D eigenvalue weighted by molar-refractivity contribution is -0.136. The molecule has 0 atom stereocenters. The molecule has 0 radical (unpaired) electrons. The average molecular weight is 344 g/mol. The minimum atomic E-state index is 0.0701. The smallest absolute Gasteiger partial charge is 0.225 e. The molecule has 1 rings (SSSR count). The zero-order valence-corrected chi connectivity index (χ0v) is 15.8. The molecule has 0 spiro atoms. The number of carbonyl (C=O) groups is 1. The van der Waals surface area contributed by atoms with Crippen LogP contribution in [0.25, 0.3) is 0 Å². The number of nitrogens with two attached hydrogens (primary N) is 1. The van der Waals surface area contributed by atoms with Gasteiger partial charge in [0.15, 0.2) is 0 Å². The second-order valence-electron chi connectivity index (χ2n) is 6.71.